The largest absolute Gasteiger partial charge is 0.486 e. The summed E-state index contributed by atoms with van der Waals surface area (Å²) in [5.41, 5.74) is 0.645. The highest BCUT2D eigenvalue weighted by atomic mass is 35.5. The Hall–Kier alpha value is -2.31. The van der Waals surface area contributed by atoms with Crippen LogP contribution in [0.25, 0.3) is 0 Å². The number of hydrogen-bond donors (Lipinski definition) is 0. The number of piperidine rings is 1. The van der Waals surface area contributed by atoms with Crippen molar-refractivity contribution in [3.05, 3.63) is 57.3 Å². The molecule has 2 aromatic carbocycles. The zero-order valence-electron chi connectivity index (χ0n) is 15.4. The number of rotatable bonds is 3. The number of halogens is 3. The quantitative estimate of drug-likeness (QED) is 0.518. The topological polar surface area (TPSA) is 55.8 Å². The Bertz CT molecular complexity index is 973. The molecule has 2 aliphatic heterocycles. The summed E-state index contributed by atoms with van der Waals surface area (Å²) in [6.45, 7) is 1.73. The summed E-state index contributed by atoms with van der Waals surface area (Å²) >= 11 is 11.8. The number of carbonyl (C=O) groups excluding carboxylic acids is 2. The van der Waals surface area contributed by atoms with Crippen LogP contribution in [0.4, 0.5) is 4.39 Å². The van der Waals surface area contributed by atoms with Crippen molar-refractivity contribution in [2.75, 3.05) is 26.3 Å². The maximum absolute atomic E-state index is 13.7. The van der Waals surface area contributed by atoms with Gasteiger partial charge in [0.05, 0.1) is 15.6 Å². The number of benzene rings is 2. The lowest BCUT2D eigenvalue weighted by Gasteiger charge is -2.31. The molecule has 2 aromatic rings. The van der Waals surface area contributed by atoms with Gasteiger partial charge in [-0.25, -0.2) is 4.39 Å². The van der Waals surface area contributed by atoms with Crippen LogP contribution < -0.4 is 9.47 Å². The van der Waals surface area contributed by atoms with Gasteiger partial charge in [-0.1, -0.05) is 23.2 Å². The lowest BCUT2D eigenvalue weighted by Crippen LogP contribution is -2.40. The van der Waals surface area contributed by atoms with Crippen LogP contribution in [0.3, 0.4) is 0 Å². The van der Waals surface area contributed by atoms with Crippen molar-refractivity contribution >= 4 is 34.9 Å². The number of hydrogen-bond acceptors (Lipinski definition) is 4. The Balaban J connectivity index is 1.42. The van der Waals surface area contributed by atoms with Gasteiger partial charge in [-0.3, -0.25) is 9.59 Å². The Morgan fingerprint density at radius 2 is 1.66 bits per heavy atom. The van der Waals surface area contributed by atoms with Crippen molar-refractivity contribution in [2.24, 2.45) is 5.92 Å². The molecule has 0 bridgehead atoms. The molecule has 0 saturated carbocycles. The van der Waals surface area contributed by atoms with Crippen molar-refractivity contribution in [1.29, 1.82) is 0 Å². The molecule has 29 heavy (non-hydrogen) atoms. The number of likely N-dealkylation sites (tertiary alicyclic amines) is 1. The van der Waals surface area contributed by atoms with Gasteiger partial charge in [0.15, 0.2) is 17.3 Å². The van der Waals surface area contributed by atoms with Crippen molar-refractivity contribution in [3.63, 3.8) is 0 Å². The highest BCUT2D eigenvalue weighted by Gasteiger charge is 2.30. The van der Waals surface area contributed by atoms with E-state index in [9.17, 15) is 14.0 Å². The third kappa shape index (κ3) is 4.05. The van der Waals surface area contributed by atoms with Crippen LogP contribution in [-0.4, -0.2) is 42.9 Å². The van der Waals surface area contributed by atoms with Crippen LogP contribution in [-0.2, 0) is 0 Å². The zero-order chi connectivity index (χ0) is 20.5. The number of Topliss-reactive ketones (excluding diaryl/α,β-unsaturated/α-hetero) is 1. The SMILES string of the molecule is O=C(c1ccc2c(c1)OCCO2)C1CCN(C(=O)c2cc(F)c(Cl)cc2Cl)CC1. The van der Waals surface area contributed by atoms with Gasteiger partial charge in [0.1, 0.15) is 19.0 Å². The average molecular weight is 438 g/mol. The predicted octanol–water partition coefficient (Wildman–Crippen LogP) is 4.64. The van der Waals surface area contributed by atoms with Crippen molar-refractivity contribution in [3.8, 4) is 11.5 Å². The molecule has 5 nitrogen and oxygen atoms in total. The predicted molar refractivity (Wildman–Crippen MR) is 107 cm³/mol. The first-order chi connectivity index (χ1) is 13.9. The Kier molecular flexibility index (Phi) is 5.65. The molecule has 0 aromatic heterocycles. The van der Waals surface area contributed by atoms with Gasteiger partial charge in [-0.05, 0) is 43.2 Å². The third-order valence-electron chi connectivity index (χ3n) is 5.22. The van der Waals surface area contributed by atoms with E-state index in [2.05, 4.69) is 0 Å². The fraction of sp³-hybridized carbons (Fsp3) is 0.333. The summed E-state index contributed by atoms with van der Waals surface area (Å²) < 4.78 is 24.8. The first kappa shape index (κ1) is 20.0. The van der Waals surface area contributed by atoms with E-state index in [0.717, 1.165) is 6.07 Å². The second-order valence-electron chi connectivity index (χ2n) is 7.04. The van der Waals surface area contributed by atoms with Crippen molar-refractivity contribution in [2.45, 2.75) is 12.8 Å². The van der Waals surface area contributed by atoms with E-state index in [4.69, 9.17) is 32.7 Å². The fourth-order valence-electron chi connectivity index (χ4n) is 3.63. The van der Waals surface area contributed by atoms with Crippen molar-refractivity contribution < 1.29 is 23.5 Å². The smallest absolute Gasteiger partial charge is 0.255 e. The maximum Gasteiger partial charge on any atom is 0.255 e. The monoisotopic (exact) mass is 437 g/mol. The van der Waals surface area contributed by atoms with Gasteiger partial charge in [0.2, 0.25) is 0 Å². The lowest BCUT2D eigenvalue weighted by atomic mass is 9.88. The molecule has 0 unspecified atom stereocenters. The zero-order valence-corrected chi connectivity index (χ0v) is 16.9. The number of ketones is 1. The average Bonchev–Trinajstić information content (AvgIpc) is 2.75. The molecule has 2 heterocycles. The van der Waals surface area contributed by atoms with E-state index in [-0.39, 0.29) is 33.2 Å². The summed E-state index contributed by atoms with van der Waals surface area (Å²) in [6.07, 6.45) is 1.04. The van der Waals surface area contributed by atoms with Crippen LogP contribution in [0.5, 0.6) is 11.5 Å². The van der Waals surface area contributed by atoms with E-state index in [1.165, 1.54) is 6.07 Å². The maximum atomic E-state index is 13.7. The fourth-order valence-corrected chi connectivity index (χ4v) is 4.10. The van der Waals surface area contributed by atoms with Gasteiger partial charge in [0.25, 0.3) is 5.91 Å². The number of ether oxygens (including phenoxy) is 2. The molecule has 8 heteroatoms. The van der Waals surface area contributed by atoms with E-state index in [1.807, 2.05) is 0 Å². The van der Waals surface area contributed by atoms with E-state index in [1.54, 1.807) is 23.1 Å². The van der Waals surface area contributed by atoms with Gasteiger partial charge in [-0.2, -0.15) is 0 Å². The first-order valence-corrected chi connectivity index (χ1v) is 10.1. The molecule has 0 N–H and O–H groups in total. The molecule has 0 spiro atoms. The van der Waals surface area contributed by atoms with Gasteiger partial charge in [0, 0.05) is 24.6 Å². The minimum absolute atomic E-state index is 0.0182. The van der Waals surface area contributed by atoms with Crippen LogP contribution in [0.1, 0.15) is 33.6 Å². The molecule has 1 fully saturated rings. The minimum Gasteiger partial charge on any atom is -0.486 e. The molecule has 0 atom stereocenters. The van der Waals surface area contributed by atoms with Crippen LogP contribution >= 0.6 is 23.2 Å². The summed E-state index contributed by atoms with van der Waals surface area (Å²) in [5, 5.41) is -0.0221. The Labute approximate surface area is 177 Å². The number of carbonyl (C=O) groups is 2. The van der Waals surface area contributed by atoms with Gasteiger partial charge in [-0.15, -0.1) is 0 Å². The molecule has 1 amide bonds. The molecular formula is C21H18Cl2FNO4. The third-order valence-corrected chi connectivity index (χ3v) is 5.82. The molecule has 4 rings (SSSR count). The van der Waals surface area contributed by atoms with Gasteiger partial charge >= 0.3 is 0 Å². The Morgan fingerprint density at radius 3 is 2.38 bits per heavy atom. The van der Waals surface area contributed by atoms with Gasteiger partial charge < -0.3 is 14.4 Å². The second kappa shape index (κ2) is 8.20. The first-order valence-electron chi connectivity index (χ1n) is 9.31. The molecule has 0 radical (unpaired) electrons. The summed E-state index contributed by atoms with van der Waals surface area (Å²) in [6, 6.07) is 7.48. The normalized spacial score (nSPS) is 16.6. The molecule has 1 saturated heterocycles. The molecule has 2 aliphatic rings. The van der Waals surface area contributed by atoms with E-state index >= 15 is 0 Å². The van der Waals surface area contributed by atoms with Crippen LogP contribution in [0.15, 0.2) is 30.3 Å². The Morgan fingerprint density at radius 1 is 0.966 bits per heavy atom. The molecule has 152 valence electrons. The van der Waals surface area contributed by atoms with E-state index in [0.29, 0.717) is 56.2 Å². The number of fused-ring (bicyclic) bond motifs is 1. The summed E-state index contributed by atoms with van der Waals surface area (Å²) in [5.74, 6) is -0.0167. The van der Waals surface area contributed by atoms with E-state index < -0.39 is 5.82 Å². The summed E-state index contributed by atoms with van der Waals surface area (Å²) in [7, 11) is 0. The van der Waals surface area contributed by atoms with Crippen molar-refractivity contribution in [1.82, 2.24) is 4.90 Å². The molecule has 0 aliphatic carbocycles. The number of amides is 1. The van der Waals surface area contributed by atoms with Crippen LogP contribution in [0.2, 0.25) is 10.0 Å². The standard InChI is InChI=1S/C21H18Cl2FNO4/c22-15-11-16(23)17(24)10-14(15)21(27)25-5-3-12(4-6-25)20(26)13-1-2-18-19(9-13)29-8-7-28-18/h1-2,9-12H,3-8H2. The summed E-state index contributed by atoms with van der Waals surface area (Å²) in [4.78, 5) is 27.2. The highest BCUT2D eigenvalue weighted by Crippen LogP contribution is 2.33. The highest BCUT2D eigenvalue weighted by molar-refractivity contribution is 6.36. The van der Waals surface area contributed by atoms with Crippen LogP contribution in [0, 0.1) is 11.7 Å². The minimum atomic E-state index is -0.692. The number of nitrogens with zero attached hydrogens (tertiary/aromatic N) is 1. The molecular weight excluding hydrogens is 420 g/mol. The second-order valence-corrected chi connectivity index (χ2v) is 7.85. The lowest BCUT2D eigenvalue weighted by molar-refractivity contribution is 0.0650.